The van der Waals surface area contributed by atoms with Gasteiger partial charge in [-0.3, -0.25) is 4.90 Å². The Morgan fingerprint density at radius 2 is 1.81 bits per heavy atom. The van der Waals surface area contributed by atoms with Crippen molar-refractivity contribution in [2.75, 3.05) is 39.5 Å². The van der Waals surface area contributed by atoms with Crippen LogP contribution in [0.2, 0.25) is 0 Å². The zero-order valence-electron chi connectivity index (χ0n) is 13.6. The van der Waals surface area contributed by atoms with E-state index in [-0.39, 0.29) is 5.60 Å². The molecule has 122 valence electrons. The highest BCUT2D eigenvalue weighted by Crippen LogP contribution is 2.37. The van der Waals surface area contributed by atoms with Crippen LogP contribution >= 0.6 is 0 Å². The van der Waals surface area contributed by atoms with Gasteiger partial charge in [-0.15, -0.1) is 0 Å². The summed E-state index contributed by atoms with van der Waals surface area (Å²) in [6.45, 7) is 8.65. The molecule has 0 bridgehead atoms. The predicted octanol–water partition coefficient (Wildman–Crippen LogP) is 2.18. The highest BCUT2D eigenvalue weighted by molar-refractivity contribution is 4.94. The van der Waals surface area contributed by atoms with Gasteiger partial charge in [-0.05, 0) is 64.6 Å². The van der Waals surface area contributed by atoms with Crippen molar-refractivity contribution < 1.29 is 9.47 Å². The molecule has 4 nitrogen and oxygen atoms in total. The van der Waals surface area contributed by atoms with E-state index >= 15 is 0 Å². The smallest absolute Gasteiger partial charge is 0.0741 e. The normalized spacial score (nSPS) is 30.9. The lowest BCUT2D eigenvalue weighted by molar-refractivity contribution is -0.154. The quantitative estimate of drug-likeness (QED) is 0.862. The van der Waals surface area contributed by atoms with Gasteiger partial charge in [0.15, 0.2) is 0 Å². The summed E-state index contributed by atoms with van der Waals surface area (Å²) in [5.74, 6) is 0. The summed E-state index contributed by atoms with van der Waals surface area (Å²) in [5, 5.41) is 3.50. The van der Waals surface area contributed by atoms with Crippen LogP contribution in [0.1, 0.15) is 51.9 Å². The van der Waals surface area contributed by atoms with E-state index in [9.17, 15) is 0 Å². The second kappa shape index (κ2) is 7.40. The molecule has 0 aromatic heterocycles. The van der Waals surface area contributed by atoms with E-state index in [1.165, 1.54) is 51.7 Å². The largest absolute Gasteiger partial charge is 0.381 e. The zero-order valence-corrected chi connectivity index (χ0v) is 13.6. The molecule has 1 spiro atoms. The molecule has 1 atom stereocenters. The lowest BCUT2D eigenvalue weighted by Gasteiger charge is -2.49. The predicted molar refractivity (Wildman–Crippen MR) is 84.6 cm³/mol. The fourth-order valence-corrected chi connectivity index (χ4v) is 4.44. The van der Waals surface area contributed by atoms with Crippen LogP contribution in [-0.2, 0) is 9.47 Å². The Labute approximate surface area is 129 Å². The molecule has 1 unspecified atom stereocenters. The second-order valence-corrected chi connectivity index (χ2v) is 7.01. The van der Waals surface area contributed by atoms with Gasteiger partial charge >= 0.3 is 0 Å². The molecule has 0 saturated carbocycles. The molecule has 1 N–H and O–H groups in total. The topological polar surface area (TPSA) is 33.7 Å². The zero-order chi connectivity index (χ0) is 14.5. The van der Waals surface area contributed by atoms with Crippen LogP contribution in [-0.4, -0.2) is 62.0 Å². The molecule has 3 aliphatic heterocycles. The number of hydrogen-bond acceptors (Lipinski definition) is 4. The average molecular weight is 296 g/mol. The first-order chi connectivity index (χ1) is 10.3. The number of nitrogens with one attached hydrogen (secondary N) is 1. The summed E-state index contributed by atoms with van der Waals surface area (Å²) in [5.41, 5.74) is 0.125. The van der Waals surface area contributed by atoms with E-state index in [2.05, 4.69) is 17.1 Å². The molecule has 3 saturated heterocycles. The van der Waals surface area contributed by atoms with Crippen LogP contribution in [0.15, 0.2) is 0 Å². The van der Waals surface area contributed by atoms with E-state index in [0.29, 0.717) is 0 Å². The van der Waals surface area contributed by atoms with Crippen LogP contribution < -0.4 is 5.32 Å². The minimum Gasteiger partial charge on any atom is -0.381 e. The highest BCUT2D eigenvalue weighted by Gasteiger charge is 2.41. The van der Waals surface area contributed by atoms with Crippen LogP contribution in [0, 0.1) is 0 Å². The van der Waals surface area contributed by atoms with Crippen molar-refractivity contribution in [2.24, 2.45) is 0 Å². The van der Waals surface area contributed by atoms with Gasteiger partial charge < -0.3 is 14.8 Å². The second-order valence-electron chi connectivity index (χ2n) is 7.01. The molecule has 0 aromatic rings. The molecule has 3 heterocycles. The Bertz CT molecular complexity index is 306. The van der Waals surface area contributed by atoms with E-state index < -0.39 is 0 Å². The van der Waals surface area contributed by atoms with Gasteiger partial charge in [-0.25, -0.2) is 0 Å². The van der Waals surface area contributed by atoms with Crippen molar-refractivity contribution >= 4 is 0 Å². The molecule has 0 aromatic carbocycles. The third-order valence-corrected chi connectivity index (χ3v) is 5.60. The lowest BCUT2D eigenvalue weighted by atomic mass is 9.82. The Morgan fingerprint density at radius 1 is 1.05 bits per heavy atom. The maximum Gasteiger partial charge on any atom is 0.0741 e. The summed E-state index contributed by atoms with van der Waals surface area (Å²) in [7, 11) is 0. The molecule has 21 heavy (non-hydrogen) atoms. The average Bonchev–Trinajstić information content (AvgIpc) is 2.54. The number of piperidine rings is 1. The van der Waals surface area contributed by atoms with Crippen molar-refractivity contribution in [3.63, 3.8) is 0 Å². The van der Waals surface area contributed by atoms with Gasteiger partial charge in [0.25, 0.3) is 0 Å². The molecule has 4 heteroatoms. The standard InChI is InChI=1S/C17H32N2O2/c1-2-10-19(15-3-8-18-9-4-15)16-5-11-21-17(14-16)6-12-20-13-7-17/h15-16,18H,2-14H2,1H3. The molecule has 0 amide bonds. The van der Waals surface area contributed by atoms with E-state index in [1.807, 2.05) is 0 Å². The molecular formula is C17H32N2O2. The Morgan fingerprint density at radius 3 is 2.52 bits per heavy atom. The van der Waals surface area contributed by atoms with Gasteiger partial charge in [0, 0.05) is 31.9 Å². The van der Waals surface area contributed by atoms with Gasteiger partial charge in [-0.1, -0.05) is 6.92 Å². The van der Waals surface area contributed by atoms with E-state index in [4.69, 9.17) is 9.47 Å². The van der Waals surface area contributed by atoms with Crippen molar-refractivity contribution in [3.8, 4) is 0 Å². The van der Waals surface area contributed by atoms with Crippen LogP contribution in [0.4, 0.5) is 0 Å². The Kier molecular flexibility index (Phi) is 5.54. The first-order valence-corrected chi connectivity index (χ1v) is 9.01. The molecule has 0 aliphatic carbocycles. The van der Waals surface area contributed by atoms with Crippen LogP contribution in [0.3, 0.4) is 0 Å². The number of nitrogens with zero attached hydrogens (tertiary/aromatic N) is 1. The fraction of sp³-hybridized carbons (Fsp3) is 1.00. The minimum absolute atomic E-state index is 0.125. The van der Waals surface area contributed by atoms with Crippen LogP contribution in [0.25, 0.3) is 0 Å². The monoisotopic (exact) mass is 296 g/mol. The Balaban J connectivity index is 1.66. The van der Waals surface area contributed by atoms with Crippen molar-refractivity contribution in [2.45, 2.75) is 69.6 Å². The van der Waals surface area contributed by atoms with Gasteiger partial charge in [-0.2, -0.15) is 0 Å². The summed E-state index contributed by atoms with van der Waals surface area (Å²) >= 11 is 0. The Hall–Kier alpha value is -0.160. The summed E-state index contributed by atoms with van der Waals surface area (Å²) < 4.78 is 11.8. The van der Waals surface area contributed by atoms with Crippen molar-refractivity contribution in [1.82, 2.24) is 10.2 Å². The third kappa shape index (κ3) is 3.79. The molecule has 3 fully saturated rings. The lowest BCUT2D eigenvalue weighted by Crippen LogP contribution is -2.55. The van der Waals surface area contributed by atoms with E-state index in [0.717, 1.165) is 44.7 Å². The third-order valence-electron chi connectivity index (χ3n) is 5.60. The number of ether oxygens (including phenoxy) is 2. The first kappa shape index (κ1) is 15.7. The van der Waals surface area contributed by atoms with Crippen molar-refractivity contribution in [3.05, 3.63) is 0 Å². The van der Waals surface area contributed by atoms with Crippen LogP contribution in [0.5, 0.6) is 0 Å². The van der Waals surface area contributed by atoms with Gasteiger partial charge in [0.2, 0.25) is 0 Å². The summed E-state index contributed by atoms with van der Waals surface area (Å²) in [6.07, 6.45) is 8.51. The fourth-order valence-electron chi connectivity index (χ4n) is 4.44. The maximum atomic E-state index is 6.23. The van der Waals surface area contributed by atoms with E-state index in [1.54, 1.807) is 0 Å². The molecule has 3 aliphatic rings. The first-order valence-electron chi connectivity index (χ1n) is 9.01. The molecule has 0 radical (unpaired) electrons. The summed E-state index contributed by atoms with van der Waals surface area (Å²) in [6, 6.07) is 1.51. The molecular weight excluding hydrogens is 264 g/mol. The highest BCUT2D eigenvalue weighted by atomic mass is 16.5. The van der Waals surface area contributed by atoms with Gasteiger partial charge in [0.05, 0.1) is 5.60 Å². The minimum atomic E-state index is 0.125. The summed E-state index contributed by atoms with van der Waals surface area (Å²) in [4.78, 5) is 2.83. The van der Waals surface area contributed by atoms with Gasteiger partial charge in [0.1, 0.15) is 0 Å². The molecule has 3 rings (SSSR count). The number of rotatable bonds is 4. The SMILES string of the molecule is CCCN(C1CCNCC1)C1CCOC2(CCOCC2)C1. The van der Waals surface area contributed by atoms with Crippen molar-refractivity contribution in [1.29, 1.82) is 0 Å². The maximum absolute atomic E-state index is 6.23. The number of hydrogen-bond donors (Lipinski definition) is 1.